The first kappa shape index (κ1) is 15.1. The van der Waals surface area contributed by atoms with Crippen LogP contribution in [0.1, 0.15) is 5.56 Å². The van der Waals surface area contributed by atoms with E-state index in [1.54, 1.807) is 0 Å². The molecule has 1 aromatic carbocycles. The Morgan fingerprint density at radius 1 is 1.28 bits per heavy atom. The molecule has 0 saturated carbocycles. The van der Waals surface area contributed by atoms with Crippen molar-refractivity contribution in [2.24, 2.45) is 0 Å². The van der Waals surface area contributed by atoms with Crippen molar-refractivity contribution in [1.82, 2.24) is 5.32 Å². The Kier molecular flexibility index (Phi) is 6.28. The van der Waals surface area contributed by atoms with E-state index in [1.807, 2.05) is 0 Å². The topological polar surface area (TPSA) is 61.7 Å². The summed E-state index contributed by atoms with van der Waals surface area (Å²) in [5.74, 6) is 0.0107. The summed E-state index contributed by atoms with van der Waals surface area (Å²) in [5.41, 5.74) is 0.426. The lowest BCUT2D eigenvalue weighted by Crippen LogP contribution is -2.35. The van der Waals surface area contributed by atoms with Gasteiger partial charge in [-0.15, -0.1) is 0 Å². The van der Waals surface area contributed by atoms with Gasteiger partial charge in [-0.25, -0.2) is 0 Å². The number of alkyl halides is 2. The number of halogens is 3. The fraction of sp³-hybridized carbons (Fsp3) is 0.455. The quantitative estimate of drug-likeness (QED) is 0.707. The van der Waals surface area contributed by atoms with Gasteiger partial charge in [-0.05, 0) is 18.2 Å². The molecule has 18 heavy (non-hydrogen) atoms. The maximum absolute atomic E-state index is 12.2. The molecule has 0 heterocycles. The van der Waals surface area contributed by atoms with Crippen LogP contribution in [0.4, 0.5) is 8.78 Å². The molecule has 0 saturated heterocycles. The molecular weight excluding hydrogens is 268 g/mol. The summed E-state index contributed by atoms with van der Waals surface area (Å²) in [6.45, 7) is -3.30. The van der Waals surface area contributed by atoms with Crippen LogP contribution in [0.5, 0.6) is 5.75 Å². The van der Waals surface area contributed by atoms with Gasteiger partial charge in [0.05, 0.1) is 19.3 Å². The molecule has 0 radical (unpaired) electrons. The summed E-state index contributed by atoms with van der Waals surface area (Å²) in [7, 11) is 0. The van der Waals surface area contributed by atoms with Crippen LogP contribution in [0.2, 0.25) is 5.02 Å². The Hall–Kier alpha value is -0.950. The van der Waals surface area contributed by atoms with E-state index in [9.17, 15) is 8.78 Å². The van der Waals surface area contributed by atoms with Crippen molar-refractivity contribution in [1.29, 1.82) is 0 Å². The van der Waals surface area contributed by atoms with Crippen LogP contribution in [0.25, 0.3) is 0 Å². The third kappa shape index (κ3) is 4.73. The Bertz CT molecular complexity index is 375. The second-order valence-electron chi connectivity index (χ2n) is 3.57. The first-order valence-corrected chi connectivity index (χ1v) is 5.63. The van der Waals surface area contributed by atoms with Gasteiger partial charge in [-0.3, -0.25) is 0 Å². The predicted octanol–water partition coefficient (Wildman–Crippen LogP) is 1.38. The first-order valence-electron chi connectivity index (χ1n) is 5.25. The molecule has 0 aromatic heterocycles. The maximum atomic E-state index is 12.2. The van der Waals surface area contributed by atoms with Crippen molar-refractivity contribution in [3.05, 3.63) is 28.8 Å². The zero-order chi connectivity index (χ0) is 13.5. The smallest absolute Gasteiger partial charge is 0.387 e. The second-order valence-corrected chi connectivity index (χ2v) is 4.01. The van der Waals surface area contributed by atoms with Crippen molar-refractivity contribution < 1.29 is 23.7 Å². The van der Waals surface area contributed by atoms with Crippen LogP contribution in [0.15, 0.2) is 18.2 Å². The SMILES string of the molecule is OCC(CO)NCc1cc(Cl)ccc1OC(F)F. The normalized spacial score (nSPS) is 11.3. The van der Waals surface area contributed by atoms with E-state index >= 15 is 0 Å². The van der Waals surface area contributed by atoms with Crippen molar-refractivity contribution in [2.75, 3.05) is 13.2 Å². The molecule has 4 nitrogen and oxygen atoms in total. The molecular formula is C11H14ClF2NO3. The van der Waals surface area contributed by atoms with Gasteiger partial charge in [0.1, 0.15) is 5.75 Å². The van der Waals surface area contributed by atoms with Gasteiger partial charge in [0.15, 0.2) is 0 Å². The molecule has 0 aliphatic rings. The number of aliphatic hydroxyl groups is 2. The minimum atomic E-state index is -2.92. The molecule has 1 aromatic rings. The minimum Gasteiger partial charge on any atom is -0.434 e. The fourth-order valence-corrected chi connectivity index (χ4v) is 1.53. The summed E-state index contributed by atoms with van der Waals surface area (Å²) in [4.78, 5) is 0. The zero-order valence-electron chi connectivity index (χ0n) is 9.44. The number of ether oxygens (including phenoxy) is 1. The summed E-state index contributed by atoms with van der Waals surface area (Å²) in [5, 5.41) is 20.9. The lowest BCUT2D eigenvalue weighted by atomic mass is 10.2. The van der Waals surface area contributed by atoms with Crippen LogP contribution in [-0.2, 0) is 6.54 Å². The predicted molar refractivity (Wildman–Crippen MR) is 62.9 cm³/mol. The fourth-order valence-electron chi connectivity index (χ4n) is 1.34. The average molecular weight is 282 g/mol. The maximum Gasteiger partial charge on any atom is 0.387 e. The van der Waals surface area contributed by atoms with Crippen LogP contribution in [0.3, 0.4) is 0 Å². The number of hydrogen-bond acceptors (Lipinski definition) is 4. The van der Waals surface area contributed by atoms with Gasteiger partial charge in [0.2, 0.25) is 0 Å². The number of hydrogen-bond donors (Lipinski definition) is 3. The molecule has 7 heteroatoms. The van der Waals surface area contributed by atoms with Gasteiger partial charge < -0.3 is 20.3 Å². The highest BCUT2D eigenvalue weighted by molar-refractivity contribution is 6.30. The summed E-state index contributed by atoms with van der Waals surface area (Å²) < 4.78 is 28.7. The molecule has 0 unspecified atom stereocenters. The van der Waals surface area contributed by atoms with E-state index in [2.05, 4.69) is 10.1 Å². The van der Waals surface area contributed by atoms with Crippen molar-refractivity contribution >= 4 is 11.6 Å². The number of nitrogens with one attached hydrogen (secondary N) is 1. The highest BCUT2D eigenvalue weighted by Crippen LogP contribution is 2.24. The highest BCUT2D eigenvalue weighted by Gasteiger charge is 2.12. The molecule has 0 aliphatic carbocycles. The van der Waals surface area contributed by atoms with Gasteiger partial charge in [-0.2, -0.15) is 8.78 Å². The Labute approximate surface area is 108 Å². The van der Waals surface area contributed by atoms with E-state index in [0.717, 1.165) is 0 Å². The van der Waals surface area contributed by atoms with Crippen molar-refractivity contribution in [2.45, 2.75) is 19.2 Å². The minimum absolute atomic E-state index is 0.0107. The van der Waals surface area contributed by atoms with Gasteiger partial charge >= 0.3 is 6.61 Å². The van der Waals surface area contributed by atoms with Gasteiger partial charge in [0, 0.05) is 17.1 Å². The number of benzene rings is 1. The third-order valence-corrected chi connectivity index (χ3v) is 2.50. The summed E-state index contributed by atoms with van der Waals surface area (Å²) in [6.07, 6.45) is 0. The number of aliphatic hydroxyl groups excluding tert-OH is 2. The molecule has 0 bridgehead atoms. The van der Waals surface area contributed by atoms with Crippen LogP contribution in [-0.4, -0.2) is 36.1 Å². The molecule has 0 fully saturated rings. The Balaban J connectivity index is 2.75. The van der Waals surface area contributed by atoms with E-state index in [-0.39, 0.29) is 25.5 Å². The van der Waals surface area contributed by atoms with Crippen LogP contribution >= 0.6 is 11.6 Å². The van der Waals surface area contributed by atoms with E-state index in [1.165, 1.54) is 18.2 Å². The zero-order valence-corrected chi connectivity index (χ0v) is 10.2. The second kappa shape index (κ2) is 7.48. The Morgan fingerprint density at radius 3 is 2.50 bits per heavy atom. The Morgan fingerprint density at radius 2 is 1.94 bits per heavy atom. The molecule has 102 valence electrons. The van der Waals surface area contributed by atoms with E-state index < -0.39 is 12.7 Å². The lowest BCUT2D eigenvalue weighted by molar-refractivity contribution is -0.0505. The monoisotopic (exact) mass is 281 g/mol. The van der Waals surface area contributed by atoms with E-state index in [0.29, 0.717) is 10.6 Å². The third-order valence-electron chi connectivity index (χ3n) is 2.26. The highest BCUT2D eigenvalue weighted by atomic mass is 35.5. The first-order chi connectivity index (χ1) is 8.56. The molecule has 0 atom stereocenters. The lowest BCUT2D eigenvalue weighted by Gasteiger charge is -2.16. The molecule has 1 rings (SSSR count). The summed E-state index contributed by atoms with van der Waals surface area (Å²) in [6, 6.07) is 3.75. The largest absolute Gasteiger partial charge is 0.434 e. The molecule has 0 aliphatic heterocycles. The molecule has 0 spiro atoms. The van der Waals surface area contributed by atoms with Gasteiger partial charge in [0.25, 0.3) is 0 Å². The average Bonchev–Trinajstić information content (AvgIpc) is 2.33. The standard InChI is InChI=1S/C11H14ClF2NO3/c12-8-1-2-10(18-11(13)14)7(3-8)4-15-9(5-16)6-17/h1-3,9,11,15-17H,4-6H2. The van der Waals surface area contributed by atoms with Crippen molar-refractivity contribution in [3.63, 3.8) is 0 Å². The van der Waals surface area contributed by atoms with Crippen LogP contribution < -0.4 is 10.1 Å². The van der Waals surface area contributed by atoms with Gasteiger partial charge in [-0.1, -0.05) is 11.6 Å². The molecule has 3 N–H and O–H groups in total. The van der Waals surface area contributed by atoms with Crippen molar-refractivity contribution in [3.8, 4) is 5.75 Å². The van der Waals surface area contributed by atoms with E-state index in [4.69, 9.17) is 21.8 Å². The molecule has 0 amide bonds. The van der Waals surface area contributed by atoms with Crippen LogP contribution in [0, 0.1) is 0 Å². The summed E-state index contributed by atoms with van der Waals surface area (Å²) >= 11 is 5.77. The number of rotatable bonds is 7.